The van der Waals surface area contributed by atoms with Gasteiger partial charge in [-0.25, -0.2) is 0 Å². The molecule has 2 nitrogen and oxygen atoms in total. The SMILES string of the molecule is C=CCCO[C@@H](C=C)CO. The maximum Gasteiger partial charge on any atom is 0.0984 e. The lowest BCUT2D eigenvalue weighted by Gasteiger charge is -2.08. The molecule has 0 bridgehead atoms. The van der Waals surface area contributed by atoms with Crippen LogP contribution >= 0.6 is 0 Å². The molecule has 0 aliphatic carbocycles. The predicted molar refractivity (Wildman–Crippen MR) is 41.8 cm³/mol. The summed E-state index contributed by atoms with van der Waals surface area (Å²) in [6, 6.07) is 0. The molecule has 58 valence electrons. The third-order valence-electron chi connectivity index (χ3n) is 1.10. The summed E-state index contributed by atoms with van der Waals surface area (Å²) in [4.78, 5) is 0. The second-order valence-corrected chi connectivity index (χ2v) is 1.90. The highest BCUT2D eigenvalue weighted by Gasteiger charge is 1.98. The molecule has 0 amide bonds. The zero-order chi connectivity index (χ0) is 7.82. The highest BCUT2D eigenvalue weighted by molar-refractivity contribution is 4.79. The Kier molecular flexibility index (Phi) is 6.13. The first kappa shape index (κ1) is 9.40. The number of aliphatic hydroxyl groups excluding tert-OH is 1. The molecular weight excluding hydrogens is 128 g/mol. The van der Waals surface area contributed by atoms with E-state index in [2.05, 4.69) is 13.2 Å². The fourth-order valence-electron chi connectivity index (χ4n) is 0.498. The highest BCUT2D eigenvalue weighted by Crippen LogP contribution is 1.93. The Hall–Kier alpha value is -0.600. The van der Waals surface area contributed by atoms with Crippen LogP contribution in [0.2, 0.25) is 0 Å². The fourth-order valence-corrected chi connectivity index (χ4v) is 0.498. The van der Waals surface area contributed by atoms with Crippen molar-refractivity contribution in [3.05, 3.63) is 25.3 Å². The molecular formula is C8H14O2. The van der Waals surface area contributed by atoms with Crippen LogP contribution in [0.3, 0.4) is 0 Å². The minimum atomic E-state index is -0.222. The molecule has 1 atom stereocenters. The summed E-state index contributed by atoms with van der Waals surface area (Å²) in [7, 11) is 0. The molecule has 0 saturated carbocycles. The van der Waals surface area contributed by atoms with E-state index in [1.807, 2.05) is 0 Å². The number of rotatable bonds is 6. The summed E-state index contributed by atoms with van der Waals surface area (Å²) in [6.45, 7) is 7.64. The molecule has 1 N–H and O–H groups in total. The maximum absolute atomic E-state index is 8.60. The smallest absolute Gasteiger partial charge is 0.0984 e. The van der Waals surface area contributed by atoms with E-state index in [0.29, 0.717) is 6.61 Å². The number of ether oxygens (including phenoxy) is 1. The average molecular weight is 142 g/mol. The molecule has 0 aliphatic heterocycles. The van der Waals surface area contributed by atoms with Crippen LogP contribution in [0, 0.1) is 0 Å². The molecule has 0 aromatic carbocycles. The summed E-state index contributed by atoms with van der Waals surface area (Å²) in [5.74, 6) is 0. The minimum Gasteiger partial charge on any atom is -0.393 e. The molecule has 0 saturated heterocycles. The minimum absolute atomic E-state index is 0.000638. The average Bonchev–Trinajstić information content (AvgIpc) is 1.99. The van der Waals surface area contributed by atoms with Gasteiger partial charge in [0.2, 0.25) is 0 Å². The molecule has 2 heteroatoms. The topological polar surface area (TPSA) is 29.5 Å². The van der Waals surface area contributed by atoms with Gasteiger partial charge in [0.05, 0.1) is 19.3 Å². The summed E-state index contributed by atoms with van der Waals surface area (Å²) < 4.78 is 5.14. The van der Waals surface area contributed by atoms with E-state index >= 15 is 0 Å². The van der Waals surface area contributed by atoms with Crippen LogP contribution in [0.15, 0.2) is 25.3 Å². The van der Waals surface area contributed by atoms with Crippen molar-refractivity contribution < 1.29 is 9.84 Å². The Bertz CT molecular complexity index is 99.4. The molecule has 0 aliphatic rings. The van der Waals surface area contributed by atoms with Crippen LogP contribution in [0.25, 0.3) is 0 Å². The van der Waals surface area contributed by atoms with Crippen molar-refractivity contribution in [1.29, 1.82) is 0 Å². The van der Waals surface area contributed by atoms with Crippen molar-refractivity contribution in [1.82, 2.24) is 0 Å². The molecule has 0 rings (SSSR count). The van der Waals surface area contributed by atoms with Gasteiger partial charge in [0, 0.05) is 0 Å². The van der Waals surface area contributed by atoms with Crippen LogP contribution < -0.4 is 0 Å². The van der Waals surface area contributed by atoms with Gasteiger partial charge >= 0.3 is 0 Å². The third kappa shape index (κ3) is 4.30. The number of aliphatic hydroxyl groups is 1. The quantitative estimate of drug-likeness (QED) is 0.445. The van der Waals surface area contributed by atoms with E-state index < -0.39 is 0 Å². The van der Waals surface area contributed by atoms with Crippen molar-refractivity contribution in [2.75, 3.05) is 13.2 Å². The molecule has 0 unspecified atom stereocenters. The van der Waals surface area contributed by atoms with E-state index in [4.69, 9.17) is 9.84 Å². The largest absolute Gasteiger partial charge is 0.393 e. The van der Waals surface area contributed by atoms with Crippen LogP contribution in [-0.2, 0) is 4.74 Å². The highest BCUT2D eigenvalue weighted by atomic mass is 16.5. The third-order valence-corrected chi connectivity index (χ3v) is 1.10. The van der Waals surface area contributed by atoms with Gasteiger partial charge in [-0.15, -0.1) is 13.2 Å². The molecule has 0 spiro atoms. The number of hydrogen-bond acceptors (Lipinski definition) is 2. The molecule has 0 aromatic rings. The second kappa shape index (κ2) is 6.52. The molecule has 0 aromatic heterocycles. The molecule has 10 heavy (non-hydrogen) atoms. The fraction of sp³-hybridized carbons (Fsp3) is 0.500. The Morgan fingerprint density at radius 2 is 2.20 bits per heavy atom. The zero-order valence-electron chi connectivity index (χ0n) is 6.12. The first-order valence-electron chi connectivity index (χ1n) is 3.31. The van der Waals surface area contributed by atoms with Crippen LogP contribution in [0.4, 0.5) is 0 Å². The lowest BCUT2D eigenvalue weighted by atomic mass is 10.3. The predicted octanol–water partition coefficient (Wildman–Crippen LogP) is 1.13. The van der Waals surface area contributed by atoms with Crippen molar-refractivity contribution in [2.24, 2.45) is 0 Å². The molecule has 0 heterocycles. The van der Waals surface area contributed by atoms with E-state index in [9.17, 15) is 0 Å². The summed E-state index contributed by atoms with van der Waals surface area (Å²) in [5.41, 5.74) is 0. The normalized spacial score (nSPS) is 12.5. The van der Waals surface area contributed by atoms with E-state index in [0.717, 1.165) is 6.42 Å². The second-order valence-electron chi connectivity index (χ2n) is 1.90. The first-order chi connectivity index (χ1) is 4.85. The summed E-state index contributed by atoms with van der Waals surface area (Å²) in [5, 5.41) is 8.60. The van der Waals surface area contributed by atoms with E-state index in [-0.39, 0.29) is 12.7 Å². The Labute approximate surface area is 61.8 Å². The zero-order valence-corrected chi connectivity index (χ0v) is 6.12. The van der Waals surface area contributed by atoms with Crippen LogP contribution in [0.5, 0.6) is 0 Å². The van der Waals surface area contributed by atoms with Gasteiger partial charge in [-0.2, -0.15) is 0 Å². The van der Waals surface area contributed by atoms with Crippen molar-refractivity contribution in [3.8, 4) is 0 Å². The Morgan fingerprint density at radius 1 is 1.50 bits per heavy atom. The van der Waals surface area contributed by atoms with Crippen molar-refractivity contribution in [2.45, 2.75) is 12.5 Å². The van der Waals surface area contributed by atoms with Gasteiger partial charge in [0.1, 0.15) is 0 Å². The van der Waals surface area contributed by atoms with E-state index in [1.165, 1.54) is 0 Å². The van der Waals surface area contributed by atoms with Gasteiger partial charge in [0.15, 0.2) is 0 Å². The maximum atomic E-state index is 8.60. The Morgan fingerprint density at radius 3 is 2.60 bits per heavy atom. The number of hydrogen-bond donors (Lipinski definition) is 1. The van der Waals surface area contributed by atoms with Gasteiger partial charge in [-0.1, -0.05) is 12.2 Å². The monoisotopic (exact) mass is 142 g/mol. The summed E-state index contributed by atoms with van der Waals surface area (Å²) in [6.07, 6.45) is 3.95. The lowest BCUT2D eigenvalue weighted by Crippen LogP contribution is -2.14. The van der Waals surface area contributed by atoms with Crippen LogP contribution in [0.1, 0.15) is 6.42 Å². The van der Waals surface area contributed by atoms with Gasteiger partial charge < -0.3 is 9.84 Å². The van der Waals surface area contributed by atoms with Gasteiger partial charge in [0.25, 0.3) is 0 Å². The van der Waals surface area contributed by atoms with E-state index in [1.54, 1.807) is 12.2 Å². The van der Waals surface area contributed by atoms with Gasteiger partial charge in [-0.3, -0.25) is 0 Å². The molecule has 0 fully saturated rings. The lowest BCUT2D eigenvalue weighted by molar-refractivity contribution is 0.0458. The standard InChI is InChI=1S/C8H14O2/c1-3-5-6-10-8(4-2)7-9/h3-4,8-9H,1-2,5-7H2/t8-/m0/s1. The summed E-state index contributed by atoms with van der Waals surface area (Å²) >= 11 is 0. The van der Waals surface area contributed by atoms with Crippen molar-refractivity contribution >= 4 is 0 Å². The first-order valence-corrected chi connectivity index (χ1v) is 3.31. The van der Waals surface area contributed by atoms with Crippen molar-refractivity contribution in [3.63, 3.8) is 0 Å². The van der Waals surface area contributed by atoms with Crippen LogP contribution in [-0.4, -0.2) is 24.4 Å². The van der Waals surface area contributed by atoms with Gasteiger partial charge in [-0.05, 0) is 6.42 Å². The molecule has 0 radical (unpaired) electrons. The Balaban J connectivity index is 3.25.